The van der Waals surface area contributed by atoms with Crippen LogP contribution in [0.1, 0.15) is 5.89 Å². The van der Waals surface area contributed by atoms with E-state index < -0.39 is 0 Å². The third-order valence-electron chi connectivity index (χ3n) is 1.81. The molecule has 1 aromatic carbocycles. The van der Waals surface area contributed by atoms with E-state index in [1.165, 1.54) is 0 Å². The molecule has 0 saturated heterocycles. The van der Waals surface area contributed by atoms with Crippen molar-refractivity contribution in [2.45, 2.75) is 6.92 Å². The van der Waals surface area contributed by atoms with Crippen LogP contribution in [0.3, 0.4) is 0 Å². The fraction of sp³-hybridized carbons (Fsp3) is 0.300. The predicted octanol–water partition coefficient (Wildman–Crippen LogP) is 2.12. The largest absolute Gasteiger partial charge is 0.467 e. The van der Waals surface area contributed by atoms with Gasteiger partial charge in [-0.2, -0.15) is 0 Å². The Morgan fingerprint density at radius 3 is 3.07 bits per heavy atom. The first-order chi connectivity index (χ1) is 6.79. The molecule has 1 aromatic heterocycles. The molecule has 0 aliphatic rings. The molecule has 0 saturated carbocycles. The highest BCUT2D eigenvalue weighted by molar-refractivity contribution is 5.74. The van der Waals surface area contributed by atoms with E-state index in [2.05, 4.69) is 4.98 Å². The smallest absolute Gasteiger partial charge is 0.192 e. The monoisotopic (exact) mass is 193 g/mol. The normalized spacial score (nSPS) is 10.7. The number of rotatable bonds is 3. The number of ether oxygens (including phenoxy) is 2. The van der Waals surface area contributed by atoms with E-state index in [-0.39, 0.29) is 6.79 Å². The van der Waals surface area contributed by atoms with Gasteiger partial charge in [0.25, 0.3) is 0 Å². The minimum atomic E-state index is 0.238. The number of nitrogens with zero attached hydrogens (tertiary/aromatic N) is 1. The van der Waals surface area contributed by atoms with Crippen LogP contribution in [0.25, 0.3) is 11.1 Å². The van der Waals surface area contributed by atoms with Crippen LogP contribution in [0.2, 0.25) is 0 Å². The van der Waals surface area contributed by atoms with E-state index in [4.69, 9.17) is 13.9 Å². The molecule has 0 bridgehead atoms. The summed E-state index contributed by atoms with van der Waals surface area (Å²) in [6.45, 7) is 2.05. The zero-order chi connectivity index (χ0) is 9.97. The van der Waals surface area contributed by atoms with Crippen LogP contribution >= 0.6 is 0 Å². The van der Waals surface area contributed by atoms with Gasteiger partial charge in [-0.05, 0) is 12.1 Å². The third kappa shape index (κ3) is 1.70. The van der Waals surface area contributed by atoms with Crippen molar-refractivity contribution in [2.24, 2.45) is 0 Å². The summed E-state index contributed by atoms with van der Waals surface area (Å²) < 4.78 is 15.4. The predicted molar refractivity (Wildman–Crippen MR) is 51.3 cm³/mol. The van der Waals surface area contributed by atoms with Gasteiger partial charge < -0.3 is 13.9 Å². The minimum Gasteiger partial charge on any atom is -0.467 e. The fourth-order valence-corrected chi connectivity index (χ4v) is 1.24. The van der Waals surface area contributed by atoms with Crippen molar-refractivity contribution in [2.75, 3.05) is 13.9 Å². The van der Waals surface area contributed by atoms with E-state index in [1.807, 2.05) is 25.1 Å². The Morgan fingerprint density at radius 1 is 1.43 bits per heavy atom. The molecule has 0 fully saturated rings. The Hall–Kier alpha value is -1.55. The van der Waals surface area contributed by atoms with Crippen LogP contribution in [-0.2, 0) is 4.74 Å². The summed E-state index contributed by atoms with van der Waals surface area (Å²) in [5.74, 6) is 1.39. The van der Waals surface area contributed by atoms with Crippen LogP contribution < -0.4 is 4.74 Å². The number of benzene rings is 1. The standard InChI is InChI=1S/C10H11NO3/c1-7-11-9-5-8(13-6-12-2)3-4-10(9)14-7/h3-5H,6H2,1-2H3. The lowest BCUT2D eigenvalue weighted by Crippen LogP contribution is -1.98. The van der Waals surface area contributed by atoms with E-state index >= 15 is 0 Å². The number of aryl methyl sites for hydroxylation is 1. The summed E-state index contributed by atoms with van der Waals surface area (Å²) in [6, 6.07) is 5.48. The van der Waals surface area contributed by atoms with Gasteiger partial charge in [0.1, 0.15) is 11.3 Å². The van der Waals surface area contributed by atoms with Crippen LogP contribution in [-0.4, -0.2) is 18.9 Å². The van der Waals surface area contributed by atoms with Crippen molar-refractivity contribution in [3.05, 3.63) is 24.1 Å². The van der Waals surface area contributed by atoms with Gasteiger partial charge in [0.05, 0.1) is 0 Å². The summed E-state index contributed by atoms with van der Waals surface area (Å²) >= 11 is 0. The van der Waals surface area contributed by atoms with Gasteiger partial charge in [0, 0.05) is 20.1 Å². The molecule has 0 atom stereocenters. The van der Waals surface area contributed by atoms with Gasteiger partial charge in [-0.15, -0.1) is 0 Å². The zero-order valence-electron chi connectivity index (χ0n) is 8.11. The van der Waals surface area contributed by atoms with Crippen molar-refractivity contribution in [3.8, 4) is 5.75 Å². The van der Waals surface area contributed by atoms with Gasteiger partial charge in [0.2, 0.25) is 0 Å². The van der Waals surface area contributed by atoms with Gasteiger partial charge >= 0.3 is 0 Å². The zero-order valence-corrected chi connectivity index (χ0v) is 8.11. The molecule has 0 aliphatic heterocycles. The van der Waals surface area contributed by atoms with Gasteiger partial charge in [0.15, 0.2) is 18.3 Å². The van der Waals surface area contributed by atoms with Crippen LogP contribution in [0, 0.1) is 6.92 Å². The molecule has 0 amide bonds. The van der Waals surface area contributed by atoms with E-state index in [9.17, 15) is 0 Å². The average molecular weight is 193 g/mol. The molecule has 0 spiro atoms. The Kier molecular flexibility index (Phi) is 2.37. The second kappa shape index (κ2) is 3.67. The average Bonchev–Trinajstić information content (AvgIpc) is 2.54. The van der Waals surface area contributed by atoms with Crippen molar-refractivity contribution in [1.29, 1.82) is 0 Å². The Morgan fingerprint density at radius 2 is 2.29 bits per heavy atom. The van der Waals surface area contributed by atoms with Gasteiger partial charge in [-0.25, -0.2) is 4.98 Å². The molecule has 0 unspecified atom stereocenters. The first-order valence-electron chi connectivity index (χ1n) is 4.28. The Labute approximate surface area is 81.4 Å². The van der Waals surface area contributed by atoms with Crippen molar-refractivity contribution in [1.82, 2.24) is 4.98 Å². The first kappa shape index (κ1) is 9.02. The quantitative estimate of drug-likeness (QED) is 0.700. The van der Waals surface area contributed by atoms with Crippen molar-refractivity contribution >= 4 is 11.1 Å². The van der Waals surface area contributed by atoms with Crippen LogP contribution in [0.15, 0.2) is 22.6 Å². The molecule has 0 N–H and O–H groups in total. The molecule has 2 aromatic rings. The Bertz CT molecular complexity index is 436. The Balaban J connectivity index is 2.31. The summed E-state index contributed by atoms with van der Waals surface area (Å²) in [6.07, 6.45) is 0. The number of methoxy groups -OCH3 is 1. The van der Waals surface area contributed by atoms with E-state index in [0.717, 1.165) is 16.8 Å². The van der Waals surface area contributed by atoms with Crippen molar-refractivity contribution < 1.29 is 13.9 Å². The lowest BCUT2D eigenvalue weighted by atomic mass is 10.3. The molecule has 4 nitrogen and oxygen atoms in total. The maximum atomic E-state index is 5.33. The second-order valence-electron chi connectivity index (χ2n) is 2.91. The summed E-state index contributed by atoms with van der Waals surface area (Å²) in [5, 5.41) is 0. The molecule has 14 heavy (non-hydrogen) atoms. The SMILES string of the molecule is COCOc1ccc2oc(C)nc2c1. The van der Waals surface area contributed by atoms with Gasteiger partial charge in [-0.1, -0.05) is 0 Å². The molecule has 1 heterocycles. The molecule has 0 aliphatic carbocycles. The lowest BCUT2D eigenvalue weighted by molar-refractivity contribution is 0.0512. The number of hydrogen-bond donors (Lipinski definition) is 0. The lowest BCUT2D eigenvalue weighted by Gasteiger charge is -2.02. The summed E-state index contributed by atoms with van der Waals surface area (Å²) in [5.41, 5.74) is 1.57. The molecule has 4 heteroatoms. The molecular weight excluding hydrogens is 182 g/mol. The first-order valence-corrected chi connectivity index (χ1v) is 4.28. The van der Waals surface area contributed by atoms with Crippen LogP contribution in [0.4, 0.5) is 0 Å². The number of aromatic nitrogens is 1. The highest BCUT2D eigenvalue weighted by Crippen LogP contribution is 2.20. The number of hydrogen-bond acceptors (Lipinski definition) is 4. The molecular formula is C10H11NO3. The molecule has 0 radical (unpaired) electrons. The highest BCUT2D eigenvalue weighted by Gasteiger charge is 2.03. The number of fused-ring (bicyclic) bond motifs is 1. The summed E-state index contributed by atoms with van der Waals surface area (Å²) in [4.78, 5) is 4.19. The topological polar surface area (TPSA) is 44.5 Å². The fourth-order valence-electron chi connectivity index (χ4n) is 1.24. The molecule has 2 rings (SSSR count). The highest BCUT2D eigenvalue weighted by atomic mass is 16.7. The van der Waals surface area contributed by atoms with Gasteiger partial charge in [-0.3, -0.25) is 0 Å². The number of oxazole rings is 1. The van der Waals surface area contributed by atoms with Crippen LogP contribution in [0.5, 0.6) is 5.75 Å². The maximum Gasteiger partial charge on any atom is 0.192 e. The van der Waals surface area contributed by atoms with E-state index in [0.29, 0.717) is 5.89 Å². The maximum absolute atomic E-state index is 5.33. The minimum absolute atomic E-state index is 0.238. The van der Waals surface area contributed by atoms with E-state index in [1.54, 1.807) is 7.11 Å². The third-order valence-corrected chi connectivity index (χ3v) is 1.81. The molecule has 74 valence electrons. The van der Waals surface area contributed by atoms with Crippen molar-refractivity contribution in [3.63, 3.8) is 0 Å². The second-order valence-corrected chi connectivity index (χ2v) is 2.91. The summed E-state index contributed by atoms with van der Waals surface area (Å²) in [7, 11) is 1.58.